The molecule has 1 aliphatic heterocycles. The number of hydrogen-bond donors (Lipinski definition) is 1. The van der Waals surface area contributed by atoms with Gasteiger partial charge in [-0.2, -0.15) is 0 Å². The Morgan fingerprint density at radius 3 is 2.57 bits per heavy atom. The summed E-state index contributed by atoms with van der Waals surface area (Å²) < 4.78 is 38.1. The van der Waals surface area contributed by atoms with E-state index in [1.807, 2.05) is 6.08 Å². The highest BCUT2D eigenvalue weighted by molar-refractivity contribution is 9.09. The van der Waals surface area contributed by atoms with Crippen molar-refractivity contribution in [2.45, 2.75) is 25.8 Å². The first-order chi connectivity index (χ1) is 14.4. The Labute approximate surface area is 188 Å². The van der Waals surface area contributed by atoms with Crippen LogP contribution in [0.15, 0.2) is 47.9 Å². The zero-order valence-corrected chi connectivity index (χ0v) is 20.1. The van der Waals surface area contributed by atoms with Gasteiger partial charge in [0, 0.05) is 25.0 Å². The fourth-order valence-corrected chi connectivity index (χ4v) is 4.64. The summed E-state index contributed by atoms with van der Waals surface area (Å²) >= 11 is 3.26. The monoisotopic (exact) mass is 498 g/mol. The van der Waals surface area contributed by atoms with Crippen molar-refractivity contribution in [3.63, 3.8) is 0 Å². The van der Waals surface area contributed by atoms with Gasteiger partial charge in [0.25, 0.3) is 0 Å². The van der Waals surface area contributed by atoms with E-state index >= 15 is 0 Å². The van der Waals surface area contributed by atoms with Crippen LogP contribution in [0.25, 0.3) is 0 Å². The lowest BCUT2D eigenvalue weighted by Crippen LogP contribution is -2.32. The molecule has 0 amide bonds. The van der Waals surface area contributed by atoms with Crippen molar-refractivity contribution in [2.24, 2.45) is 0 Å². The fraction of sp³-hybridized carbons (Fsp3) is 0.455. The number of sulfonamides is 1. The predicted octanol–water partition coefficient (Wildman–Crippen LogP) is 3.78. The number of allylic oxidation sites excluding steroid dienone is 4. The Balaban J connectivity index is 1.81. The third-order valence-corrected chi connectivity index (χ3v) is 6.87. The SMILES string of the molecule is C=C/C(=C\C=C/CBr)S(=O)(=O)NCCCCN1CCc2cc(OC)c(OC)cc2C1. The van der Waals surface area contributed by atoms with Crippen molar-refractivity contribution in [2.75, 3.05) is 39.2 Å². The highest BCUT2D eigenvalue weighted by Crippen LogP contribution is 2.33. The van der Waals surface area contributed by atoms with Gasteiger partial charge >= 0.3 is 0 Å². The Morgan fingerprint density at radius 2 is 1.93 bits per heavy atom. The molecule has 0 spiro atoms. The first-order valence-corrected chi connectivity index (χ1v) is 12.6. The highest BCUT2D eigenvalue weighted by atomic mass is 79.9. The quantitative estimate of drug-likeness (QED) is 0.269. The van der Waals surface area contributed by atoms with Crippen LogP contribution in [0, 0.1) is 0 Å². The van der Waals surface area contributed by atoms with Crippen molar-refractivity contribution >= 4 is 26.0 Å². The first kappa shape index (κ1) is 24.7. The average Bonchev–Trinajstić information content (AvgIpc) is 2.75. The van der Waals surface area contributed by atoms with Crippen LogP contribution >= 0.6 is 15.9 Å². The van der Waals surface area contributed by atoms with Crippen molar-refractivity contribution < 1.29 is 17.9 Å². The van der Waals surface area contributed by atoms with E-state index in [1.165, 1.54) is 17.2 Å². The molecule has 8 heteroatoms. The summed E-state index contributed by atoms with van der Waals surface area (Å²) in [5, 5.41) is 0.669. The molecule has 0 radical (unpaired) electrons. The smallest absolute Gasteiger partial charge is 0.240 e. The molecule has 0 saturated heterocycles. The van der Waals surface area contributed by atoms with E-state index in [2.05, 4.69) is 44.3 Å². The average molecular weight is 499 g/mol. The molecule has 0 atom stereocenters. The number of ether oxygens (including phenoxy) is 2. The van der Waals surface area contributed by atoms with Crippen LogP contribution in [0.3, 0.4) is 0 Å². The van der Waals surface area contributed by atoms with E-state index in [1.54, 1.807) is 26.4 Å². The van der Waals surface area contributed by atoms with E-state index in [0.29, 0.717) is 11.9 Å². The summed E-state index contributed by atoms with van der Waals surface area (Å²) in [5.41, 5.74) is 2.56. The summed E-state index contributed by atoms with van der Waals surface area (Å²) in [7, 11) is -0.222. The van der Waals surface area contributed by atoms with Crippen LogP contribution in [-0.4, -0.2) is 52.5 Å². The Morgan fingerprint density at radius 1 is 1.23 bits per heavy atom. The van der Waals surface area contributed by atoms with Gasteiger partial charge < -0.3 is 9.47 Å². The van der Waals surface area contributed by atoms with Gasteiger partial charge in [0.1, 0.15) is 0 Å². The predicted molar refractivity (Wildman–Crippen MR) is 126 cm³/mol. The minimum absolute atomic E-state index is 0.178. The maximum Gasteiger partial charge on any atom is 0.240 e. The molecule has 6 nitrogen and oxygen atoms in total. The zero-order chi connectivity index (χ0) is 22.0. The molecule has 1 aromatic rings. The molecule has 30 heavy (non-hydrogen) atoms. The lowest BCUT2D eigenvalue weighted by Gasteiger charge is -2.29. The van der Waals surface area contributed by atoms with Crippen LogP contribution in [0.5, 0.6) is 11.5 Å². The molecular weight excluding hydrogens is 468 g/mol. The lowest BCUT2D eigenvalue weighted by atomic mass is 9.98. The van der Waals surface area contributed by atoms with Crippen LogP contribution in [0.4, 0.5) is 0 Å². The number of nitrogens with one attached hydrogen (secondary N) is 1. The number of nitrogens with zero attached hydrogens (tertiary/aromatic N) is 1. The van der Waals surface area contributed by atoms with E-state index in [9.17, 15) is 8.42 Å². The summed E-state index contributed by atoms with van der Waals surface area (Å²) in [6, 6.07) is 4.12. The van der Waals surface area contributed by atoms with Gasteiger partial charge in [-0.15, -0.1) is 0 Å². The lowest BCUT2D eigenvalue weighted by molar-refractivity contribution is 0.248. The number of methoxy groups -OCH3 is 2. The summed E-state index contributed by atoms with van der Waals surface area (Å²) in [6.45, 7) is 6.78. The maximum atomic E-state index is 12.3. The number of benzene rings is 1. The van der Waals surface area contributed by atoms with Crippen LogP contribution in [0.2, 0.25) is 0 Å². The first-order valence-electron chi connectivity index (χ1n) is 9.96. The van der Waals surface area contributed by atoms with Crippen LogP contribution in [0.1, 0.15) is 24.0 Å². The Bertz CT molecular complexity index is 881. The van der Waals surface area contributed by atoms with E-state index in [4.69, 9.17) is 9.47 Å². The van der Waals surface area contributed by atoms with Gasteiger partial charge in [0.2, 0.25) is 10.0 Å². The van der Waals surface area contributed by atoms with Gasteiger partial charge in [0.05, 0.1) is 19.1 Å². The topological polar surface area (TPSA) is 67.9 Å². The zero-order valence-electron chi connectivity index (χ0n) is 17.7. The summed E-state index contributed by atoms with van der Waals surface area (Å²) in [4.78, 5) is 2.57. The minimum Gasteiger partial charge on any atom is -0.493 e. The van der Waals surface area contributed by atoms with Crippen molar-refractivity contribution in [1.29, 1.82) is 0 Å². The molecule has 0 aromatic heterocycles. The molecule has 0 saturated carbocycles. The molecule has 1 aromatic carbocycles. The molecule has 1 N–H and O–H groups in total. The van der Waals surface area contributed by atoms with Crippen molar-refractivity contribution in [1.82, 2.24) is 9.62 Å². The van der Waals surface area contributed by atoms with Crippen molar-refractivity contribution in [3.05, 3.63) is 59.0 Å². The second-order valence-electron chi connectivity index (χ2n) is 6.96. The molecule has 2 rings (SSSR count). The Kier molecular flexibility index (Phi) is 10.1. The van der Waals surface area contributed by atoms with Crippen LogP contribution in [-0.2, 0) is 23.0 Å². The molecule has 1 aliphatic rings. The van der Waals surface area contributed by atoms with E-state index < -0.39 is 10.0 Å². The third kappa shape index (κ3) is 6.97. The van der Waals surface area contributed by atoms with Crippen LogP contribution < -0.4 is 14.2 Å². The van der Waals surface area contributed by atoms with E-state index in [0.717, 1.165) is 50.4 Å². The number of hydrogen-bond acceptors (Lipinski definition) is 5. The third-order valence-electron chi connectivity index (χ3n) is 4.99. The summed E-state index contributed by atoms with van der Waals surface area (Å²) in [6.07, 6.45) is 9.08. The number of rotatable bonds is 12. The molecule has 0 aliphatic carbocycles. The normalized spacial score (nSPS) is 15.2. The number of fused-ring (bicyclic) bond motifs is 1. The van der Waals surface area contributed by atoms with Gasteiger partial charge in [-0.3, -0.25) is 4.90 Å². The highest BCUT2D eigenvalue weighted by Gasteiger charge is 2.19. The maximum absolute atomic E-state index is 12.3. The van der Waals surface area contributed by atoms with Gasteiger partial charge in [0.15, 0.2) is 11.5 Å². The van der Waals surface area contributed by atoms with Gasteiger partial charge in [-0.1, -0.05) is 34.7 Å². The second-order valence-corrected chi connectivity index (χ2v) is 9.38. The molecule has 1 heterocycles. The number of alkyl halides is 1. The summed E-state index contributed by atoms with van der Waals surface area (Å²) in [5.74, 6) is 1.53. The fourth-order valence-electron chi connectivity index (χ4n) is 3.36. The number of halogens is 1. The van der Waals surface area contributed by atoms with Gasteiger partial charge in [-0.25, -0.2) is 13.1 Å². The molecule has 166 valence electrons. The number of unbranched alkanes of at least 4 members (excludes halogenated alkanes) is 1. The largest absolute Gasteiger partial charge is 0.493 e. The Hall–Kier alpha value is -1.61. The second kappa shape index (κ2) is 12.3. The molecular formula is C22H31BrN2O4S. The molecule has 0 bridgehead atoms. The standard InChI is InChI=1S/C22H31BrN2O4S/c1-4-20(9-5-6-11-23)30(26,27)24-12-7-8-13-25-14-10-18-15-21(28-2)22(29-3)16-19(18)17-25/h4-6,9,15-16,24H,1,7-8,10-14,17H2,2-3H3/b6-5-,20-9+. The minimum atomic E-state index is -3.53. The van der Waals surface area contributed by atoms with Crippen molar-refractivity contribution in [3.8, 4) is 11.5 Å². The van der Waals surface area contributed by atoms with E-state index in [-0.39, 0.29) is 4.91 Å². The molecule has 0 unspecified atom stereocenters. The molecule has 0 fully saturated rings. The van der Waals surface area contributed by atoms with Gasteiger partial charge in [-0.05, 0) is 61.2 Å².